The lowest BCUT2D eigenvalue weighted by molar-refractivity contribution is -0.383. The first-order valence-electron chi connectivity index (χ1n) is 6.76. The molecule has 0 saturated carbocycles. The number of thioether (sulfide) groups is 1. The number of rotatable bonds is 5. The van der Waals surface area contributed by atoms with E-state index in [1.165, 1.54) is 18.2 Å². The van der Waals surface area contributed by atoms with Gasteiger partial charge in [0, 0.05) is 19.6 Å². The van der Waals surface area contributed by atoms with Crippen molar-refractivity contribution in [2.24, 2.45) is 0 Å². The van der Waals surface area contributed by atoms with E-state index in [0.717, 1.165) is 25.9 Å². The highest BCUT2D eigenvalue weighted by molar-refractivity contribution is 7.98. The number of hydrogen-bond acceptors (Lipinski definition) is 7. The van der Waals surface area contributed by atoms with Gasteiger partial charge in [-0.3, -0.25) is 10.1 Å². The van der Waals surface area contributed by atoms with Crippen LogP contribution in [0.15, 0.2) is 5.16 Å². The van der Waals surface area contributed by atoms with Crippen LogP contribution < -0.4 is 10.2 Å². The molecule has 1 aromatic heterocycles. The number of anilines is 2. The minimum absolute atomic E-state index is 0.00782. The molecule has 1 fully saturated rings. The zero-order chi connectivity index (χ0) is 14.5. The van der Waals surface area contributed by atoms with E-state index in [9.17, 15) is 10.1 Å². The first-order chi connectivity index (χ1) is 9.67. The Morgan fingerprint density at radius 3 is 2.60 bits per heavy atom. The summed E-state index contributed by atoms with van der Waals surface area (Å²) in [5.41, 5.74) is -0.00782. The van der Waals surface area contributed by atoms with E-state index in [-0.39, 0.29) is 10.6 Å². The highest BCUT2D eigenvalue weighted by atomic mass is 32.2. The van der Waals surface area contributed by atoms with Crippen LogP contribution >= 0.6 is 11.8 Å². The monoisotopic (exact) mass is 297 g/mol. The zero-order valence-electron chi connectivity index (χ0n) is 11.8. The lowest BCUT2D eigenvalue weighted by Gasteiger charge is -2.27. The van der Waals surface area contributed by atoms with E-state index in [0.29, 0.717) is 23.3 Å². The Morgan fingerprint density at radius 1 is 1.35 bits per heavy atom. The van der Waals surface area contributed by atoms with Crippen LogP contribution in [0.25, 0.3) is 0 Å². The van der Waals surface area contributed by atoms with Gasteiger partial charge in [0.25, 0.3) is 0 Å². The van der Waals surface area contributed by atoms with Crippen molar-refractivity contribution >= 4 is 29.1 Å². The molecule has 2 rings (SSSR count). The summed E-state index contributed by atoms with van der Waals surface area (Å²) >= 11 is 1.40. The maximum absolute atomic E-state index is 11.4. The molecule has 0 spiro atoms. The normalized spacial score (nSPS) is 15.2. The van der Waals surface area contributed by atoms with Crippen LogP contribution in [0.4, 0.5) is 17.3 Å². The van der Waals surface area contributed by atoms with Crippen molar-refractivity contribution in [3.8, 4) is 0 Å². The summed E-state index contributed by atoms with van der Waals surface area (Å²) < 4.78 is 0. The number of nitro groups is 1. The van der Waals surface area contributed by atoms with Gasteiger partial charge in [-0.25, -0.2) is 0 Å². The first-order valence-corrected chi connectivity index (χ1v) is 7.99. The molecule has 1 saturated heterocycles. The Labute approximate surface area is 122 Å². The van der Waals surface area contributed by atoms with Gasteiger partial charge in [0.1, 0.15) is 0 Å². The minimum atomic E-state index is -0.383. The summed E-state index contributed by atoms with van der Waals surface area (Å²) in [4.78, 5) is 21.6. The van der Waals surface area contributed by atoms with Crippen molar-refractivity contribution in [2.75, 3.05) is 36.1 Å². The quantitative estimate of drug-likeness (QED) is 0.387. The highest BCUT2D eigenvalue weighted by Gasteiger charge is 2.29. The van der Waals surface area contributed by atoms with Gasteiger partial charge in [0.05, 0.1) is 4.92 Å². The van der Waals surface area contributed by atoms with Gasteiger partial charge in [-0.05, 0) is 32.4 Å². The molecule has 0 aliphatic carbocycles. The largest absolute Gasteiger partial charge is 0.364 e. The van der Waals surface area contributed by atoms with Crippen LogP contribution in [0.5, 0.6) is 0 Å². The van der Waals surface area contributed by atoms with Crippen LogP contribution in [0, 0.1) is 10.1 Å². The van der Waals surface area contributed by atoms with E-state index >= 15 is 0 Å². The topological polar surface area (TPSA) is 84.2 Å². The molecule has 0 atom stereocenters. The predicted octanol–water partition coefficient (Wildman–Crippen LogP) is 2.53. The van der Waals surface area contributed by atoms with Gasteiger partial charge in [0.15, 0.2) is 5.16 Å². The van der Waals surface area contributed by atoms with Crippen molar-refractivity contribution < 1.29 is 4.92 Å². The van der Waals surface area contributed by atoms with E-state index < -0.39 is 0 Å². The Hall–Kier alpha value is -1.57. The molecule has 1 aromatic rings. The van der Waals surface area contributed by atoms with Gasteiger partial charge in [-0.2, -0.15) is 9.97 Å². The molecule has 0 bridgehead atoms. The first kappa shape index (κ1) is 14.8. The Balaban J connectivity index is 2.49. The molecule has 0 unspecified atom stereocenters. The van der Waals surface area contributed by atoms with Crippen molar-refractivity contribution in [3.63, 3.8) is 0 Å². The highest BCUT2D eigenvalue weighted by Crippen LogP contribution is 2.35. The molecule has 0 amide bonds. The van der Waals surface area contributed by atoms with E-state index in [1.807, 2.05) is 18.1 Å². The predicted molar refractivity (Wildman–Crippen MR) is 80.7 cm³/mol. The summed E-state index contributed by atoms with van der Waals surface area (Å²) in [6, 6.07) is 0. The number of hydrogen-bond donors (Lipinski definition) is 1. The fourth-order valence-corrected chi connectivity index (χ4v) is 2.66. The molecule has 7 nitrogen and oxygen atoms in total. The Kier molecular flexibility index (Phi) is 4.99. The molecule has 1 N–H and O–H groups in total. The summed E-state index contributed by atoms with van der Waals surface area (Å²) in [6.07, 6.45) is 5.14. The standard InChI is InChI=1S/C12H19N5O2S/c1-3-13-10-9(17(18)19)11(15-12(14-10)20-2)16-7-5-4-6-8-16/h3-8H2,1-2H3,(H,13,14,15). The Bertz CT molecular complexity index is 491. The summed E-state index contributed by atoms with van der Waals surface area (Å²) in [5, 5.41) is 15.0. The maximum atomic E-state index is 11.4. The number of nitrogens with zero attached hydrogens (tertiary/aromatic N) is 4. The van der Waals surface area contributed by atoms with Gasteiger partial charge in [0.2, 0.25) is 11.6 Å². The third kappa shape index (κ3) is 3.12. The van der Waals surface area contributed by atoms with Gasteiger partial charge < -0.3 is 10.2 Å². The average molecular weight is 297 g/mol. The maximum Gasteiger partial charge on any atom is 0.353 e. The average Bonchev–Trinajstić information content (AvgIpc) is 2.47. The number of aromatic nitrogens is 2. The molecule has 0 aromatic carbocycles. The van der Waals surface area contributed by atoms with Crippen molar-refractivity contribution in [1.29, 1.82) is 0 Å². The molecule has 1 aliphatic heterocycles. The molecule has 20 heavy (non-hydrogen) atoms. The van der Waals surface area contributed by atoms with Crippen LogP contribution in [-0.4, -0.2) is 40.8 Å². The number of piperidine rings is 1. The van der Waals surface area contributed by atoms with Crippen LogP contribution in [0.1, 0.15) is 26.2 Å². The summed E-state index contributed by atoms with van der Waals surface area (Å²) in [6.45, 7) is 4.12. The lowest BCUT2D eigenvalue weighted by atomic mass is 10.1. The number of nitrogens with one attached hydrogen (secondary N) is 1. The van der Waals surface area contributed by atoms with Crippen LogP contribution in [0.2, 0.25) is 0 Å². The zero-order valence-corrected chi connectivity index (χ0v) is 12.6. The SMILES string of the molecule is CCNc1nc(SC)nc(N2CCCCC2)c1[N+](=O)[O-]. The van der Waals surface area contributed by atoms with Gasteiger partial charge >= 0.3 is 5.69 Å². The second-order valence-electron chi connectivity index (χ2n) is 4.57. The minimum Gasteiger partial charge on any atom is -0.364 e. The van der Waals surface area contributed by atoms with Gasteiger partial charge in [-0.15, -0.1) is 0 Å². The second-order valence-corrected chi connectivity index (χ2v) is 5.34. The molecule has 8 heteroatoms. The lowest BCUT2D eigenvalue weighted by Crippen LogP contribution is -2.31. The molecular weight excluding hydrogens is 278 g/mol. The Morgan fingerprint density at radius 2 is 2.05 bits per heavy atom. The van der Waals surface area contributed by atoms with Crippen molar-refractivity contribution in [1.82, 2.24) is 9.97 Å². The molecule has 110 valence electrons. The molecule has 1 aliphatic rings. The molecular formula is C12H19N5O2S. The van der Waals surface area contributed by atoms with Gasteiger partial charge in [-0.1, -0.05) is 11.8 Å². The fraction of sp³-hybridized carbons (Fsp3) is 0.667. The van der Waals surface area contributed by atoms with Crippen molar-refractivity contribution in [2.45, 2.75) is 31.3 Å². The fourth-order valence-electron chi connectivity index (χ4n) is 2.30. The molecule has 2 heterocycles. The smallest absolute Gasteiger partial charge is 0.353 e. The second kappa shape index (κ2) is 6.74. The van der Waals surface area contributed by atoms with E-state index in [4.69, 9.17) is 0 Å². The van der Waals surface area contributed by atoms with E-state index in [2.05, 4.69) is 15.3 Å². The summed E-state index contributed by atoms with van der Waals surface area (Å²) in [5.74, 6) is 0.766. The van der Waals surface area contributed by atoms with Crippen LogP contribution in [0.3, 0.4) is 0 Å². The third-order valence-corrected chi connectivity index (χ3v) is 3.76. The van der Waals surface area contributed by atoms with Crippen LogP contribution in [-0.2, 0) is 0 Å². The summed E-state index contributed by atoms with van der Waals surface area (Å²) in [7, 11) is 0. The van der Waals surface area contributed by atoms with Crippen molar-refractivity contribution in [3.05, 3.63) is 10.1 Å². The molecule has 0 radical (unpaired) electrons. The van der Waals surface area contributed by atoms with E-state index in [1.54, 1.807) is 0 Å². The third-order valence-electron chi connectivity index (χ3n) is 3.21.